The number of nitrogens with two attached hydrogens (primary N) is 1. The molecule has 254 valence electrons. The first-order valence-corrected chi connectivity index (χ1v) is 17.3. The lowest BCUT2D eigenvalue weighted by molar-refractivity contribution is -0.133. The summed E-state index contributed by atoms with van der Waals surface area (Å²) < 4.78 is 51.8. The molecule has 0 bridgehead atoms. The van der Waals surface area contributed by atoms with Crippen molar-refractivity contribution in [1.82, 2.24) is 4.90 Å². The van der Waals surface area contributed by atoms with Crippen molar-refractivity contribution >= 4 is 28.2 Å². The number of rotatable bonds is 19. The second kappa shape index (κ2) is 19.5. The van der Waals surface area contributed by atoms with Gasteiger partial charge >= 0.3 is 0 Å². The van der Waals surface area contributed by atoms with Gasteiger partial charge in [0.2, 0.25) is 5.91 Å². The number of nitrogens with zero attached hydrogens (tertiary/aromatic N) is 1. The van der Waals surface area contributed by atoms with Gasteiger partial charge < -0.3 is 25.2 Å². The Bertz CT molecular complexity index is 1450. The minimum absolute atomic E-state index is 0. The number of ether oxygens (including phenoxy) is 2. The molecule has 0 aliphatic heterocycles. The van der Waals surface area contributed by atoms with Gasteiger partial charge in [0.1, 0.15) is 23.9 Å². The van der Waals surface area contributed by atoms with Gasteiger partial charge in [-0.2, -0.15) is 0 Å². The molecule has 0 heterocycles. The Hall–Kier alpha value is -3.18. The molecule has 3 aromatic rings. The van der Waals surface area contributed by atoms with Crippen LogP contribution in [0, 0.1) is 5.82 Å². The Balaban J connectivity index is 0.00000736. The van der Waals surface area contributed by atoms with Gasteiger partial charge in [-0.05, 0) is 60.2 Å². The molecule has 0 radical (unpaired) electrons. The lowest BCUT2D eigenvalue weighted by Gasteiger charge is -2.29. The van der Waals surface area contributed by atoms with Crippen LogP contribution in [0.4, 0.5) is 4.39 Å². The van der Waals surface area contributed by atoms with Crippen LogP contribution in [-0.2, 0) is 34.2 Å². The smallest absolute Gasteiger partial charge is 0.223 e. The van der Waals surface area contributed by atoms with Gasteiger partial charge in [-0.25, -0.2) is 12.8 Å². The molecule has 0 aliphatic carbocycles. The quantitative estimate of drug-likeness (QED) is 0.163. The summed E-state index contributed by atoms with van der Waals surface area (Å²) in [5.41, 5.74) is 8.62. The summed E-state index contributed by atoms with van der Waals surface area (Å²) in [6.45, 7) is 4.17. The summed E-state index contributed by atoms with van der Waals surface area (Å²) in [4.78, 5) is 14.9. The SMILES string of the molecule is CCCC(CCC)S(=O)(=O)CCC(=O)N(Cc1cccc(OC)c1)C[C@@H](O)[C@@H](N)Cc1cc(F)cc(OCc2ccccc2)c1.Cl. The number of carbonyl (C=O) groups is 1. The van der Waals surface area contributed by atoms with Crippen molar-refractivity contribution in [3.05, 3.63) is 95.3 Å². The van der Waals surface area contributed by atoms with Gasteiger partial charge in [0.15, 0.2) is 9.84 Å². The van der Waals surface area contributed by atoms with Crippen LogP contribution >= 0.6 is 12.4 Å². The molecule has 3 N–H and O–H groups in total. The Labute approximate surface area is 279 Å². The Morgan fingerprint density at radius 3 is 2.24 bits per heavy atom. The van der Waals surface area contributed by atoms with Crippen molar-refractivity contribution in [3.8, 4) is 11.5 Å². The summed E-state index contributed by atoms with van der Waals surface area (Å²) in [5, 5.41) is 10.7. The Morgan fingerprint density at radius 2 is 1.59 bits per heavy atom. The molecular weight excluding hydrogens is 631 g/mol. The first kappa shape index (κ1) is 39.0. The average Bonchev–Trinajstić information content (AvgIpc) is 3.02. The van der Waals surface area contributed by atoms with Crippen molar-refractivity contribution in [2.45, 2.75) is 82.9 Å². The number of aliphatic hydroxyl groups excluding tert-OH is 1. The van der Waals surface area contributed by atoms with E-state index in [9.17, 15) is 22.7 Å². The van der Waals surface area contributed by atoms with Crippen molar-refractivity contribution < 1.29 is 32.2 Å². The van der Waals surface area contributed by atoms with Crippen LogP contribution in [0.2, 0.25) is 0 Å². The maximum absolute atomic E-state index is 14.5. The monoisotopic (exact) mass is 678 g/mol. The summed E-state index contributed by atoms with van der Waals surface area (Å²) >= 11 is 0. The van der Waals surface area contributed by atoms with Crippen LogP contribution in [0.15, 0.2) is 72.8 Å². The zero-order chi connectivity index (χ0) is 32.8. The summed E-state index contributed by atoms with van der Waals surface area (Å²) in [7, 11) is -1.93. The normalized spacial score (nSPS) is 12.7. The average molecular weight is 679 g/mol. The van der Waals surface area contributed by atoms with Crippen LogP contribution in [-0.4, -0.2) is 61.1 Å². The van der Waals surface area contributed by atoms with E-state index in [1.54, 1.807) is 31.4 Å². The Morgan fingerprint density at radius 1 is 0.935 bits per heavy atom. The van der Waals surface area contributed by atoms with E-state index in [1.165, 1.54) is 17.0 Å². The maximum atomic E-state index is 14.5. The lowest BCUT2D eigenvalue weighted by Crippen LogP contribution is -2.46. The minimum atomic E-state index is -3.48. The molecule has 0 saturated carbocycles. The number of amides is 1. The molecule has 0 unspecified atom stereocenters. The van der Waals surface area contributed by atoms with Crippen LogP contribution in [0.5, 0.6) is 11.5 Å². The molecule has 0 spiro atoms. The van der Waals surface area contributed by atoms with Crippen molar-refractivity contribution in [2.24, 2.45) is 5.73 Å². The lowest BCUT2D eigenvalue weighted by atomic mass is 10.0. The molecule has 0 fully saturated rings. The van der Waals surface area contributed by atoms with Crippen LogP contribution < -0.4 is 15.2 Å². The molecular formula is C35H48ClFN2O6S. The largest absolute Gasteiger partial charge is 0.497 e. The van der Waals surface area contributed by atoms with Crippen LogP contribution in [0.25, 0.3) is 0 Å². The summed E-state index contributed by atoms with van der Waals surface area (Å²) in [6.07, 6.45) is 1.37. The first-order valence-electron chi connectivity index (χ1n) is 15.6. The summed E-state index contributed by atoms with van der Waals surface area (Å²) in [5.74, 6) is -0.198. The van der Waals surface area contributed by atoms with Crippen molar-refractivity contribution in [1.29, 1.82) is 0 Å². The van der Waals surface area contributed by atoms with Gasteiger partial charge in [-0.1, -0.05) is 69.2 Å². The molecule has 46 heavy (non-hydrogen) atoms. The fourth-order valence-electron chi connectivity index (χ4n) is 5.28. The highest BCUT2D eigenvalue weighted by Crippen LogP contribution is 2.21. The number of carbonyl (C=O) groups excluding carboxylic acids is 1. The fraction of sp³-hybridized carbons (Fsp3) is 0.457. The third-order valence-corrected chi connectivity index (χ3v) is 10.0. The second-order valence-corrected chi connectivity index (χ2v) is 13.8. The number of benzene rings is 3. The number of halogens is 2. The highest BCUT2D eigenvalue weighted by atomic mass is 35.5. The molecule has 0 aromatic heterocycles. The standard InChI is InChI=1S/C35H47FN2O6S.ClH/c1-4-10-32(11-5-2)45(41,42)17-16-35(40)38(23-27-14-9-15-30(19-27)43-3)24-34(39)33(37)21-28-18-29(36)22-31(20-28)44-25-26-12-7-6-8-13-26;/h6-9,12-15,18-20,22,32-34,39H,4-5,10-11,16-17,21,23-25,37H2,1-3H3;1H/t33-,34+;/m0./s1. The van der Waals surface area contributed by atoms with Gasteiger partial charge in [-0.15, -0.1) is 12.4 Å². The summed E-state index contributed by atoms with van der Waals surface area (Å²) in [6, 6.07) is 20.2. The highest BCUT2D eigenvalue weighted by molar-refractivity contribution is 7.92. The third-order valence-electron chi connectivity index (χ3n) is 7.74. The van der Waals surface area contributed by atoms with Crippen LogP contribution in [0.3, 0.4) is 0 Å². The third kappa shape index (κ3) is 12.5. The number of aliphatic hydroxyl groups is 1. The zero-order valence-electron chi connectivity index (χ0n) is 26.9. The van der Waals surface area contributed by atoms with E-state index < -0.39 is 39.0 Å². The van der Waals surface area contributed by atoms with Gasteiger partial charge in [0, 0.05) is 31.6 Å². The van der Waals surface area contributed by atoms with Gasteiger partial charge in [0.05, 0.1) is 24.2 Å². The first-order chi connectivity index (χ1) is 21.5. The molecule has 3 rings (SSSR count). The van der Waals surface area contributed by atoms with Crippen molar-refractivity contribution in [2.75, 3.05) is 19.4 Å². The number of methoxy groups -OCH3 is 1. The van der Waals surface area contributed by atoms with E-state index in [0.29, 0.717) is 29.9 Å². The minimum Gasteiger partial charge on any atom is -0.497 e. The zero-order valence-corrected chi connectivity index (χ0v) is 28.6. The molecule has 0 aliphatic rings. The molecule has 1 amide bonds. The topological polar surface area (TPSA) is 119 Å². The number of hydrogen-bond acceptors (Lipinski definition) is 7. The number of hydrogen-bond donors (Lipinski definition) is 2. The number of sulfone groups is 1. The predicted octanol–water partition coefficient (Wildman–Crippen LogP) is 5.87. The molecule has 11 heteroatoms. The van der Waals surface area contributed by atoms with E-state index in [-0.39, 0.29) is 50.7 Å². The van der Waals surface area contributed by atoms with Gasteiger partial charge in [-0.3, -0.25) is 4.79 Å². The van der Waals surface area contributed by atoms with E-state index in [0.717, 1.165) is 24.0 Å². The van der Waals surface area contributed by atoms with E-state index in [2.05, 4.69) is 0 Å². The molecule has 3 aromatic carbocycles. The predicted molar refractivity (Wildman–Crippen MR) is 183 cm³/mol. The van der Waals surface area contributed by atoms with E-state index >= 15 is 0 Å². The van der Waals surface area contributed by atoms with E-state index in [1.807, 2.05) is 50.2 Å². The maximum Gasteiger partial charge on any atom is 0.223 e. The highest BCUT2D eigenvalue weighted by Gasteiger charge is 2.28. The van der Waals surface area contributed by atoms with Gasteiger partial charge in [0.25, 0.3) is 0 Å². The fourth-order valence-corrected chi connectivity index (χ4v) is 7.26. The molecule has 2 atom stereocenters. The van der Waals surface area contributed by atoms with E-state index in [4.69, 9.17) is 15.2 Å². The molecule has 0 saturated heterocycles. The van der Waals surface area contributed by atoms with Crippen LogP contribution in [0.1, 0.15) is 62.6 Å². The Kier molecular flexibility index (Phi) is 16.5. The van der Waals surface area contributed by atoms with Crippen molar-refractivity contribution in [3.63, 3.8) is 0 Å². The second-order valence-electron chi connectivity index (χ2n) is 11.4. The molecule has 8 nitrogen and oxygen atoms in total.